The minimum absolute atomic E-state index is 0.0900. The fourth-order valence-electron chi connectivity index (χ4n) is 3.58. The average molecular weight is 341 g/mol. The van der Waals surface area contributed by atoms with E-state index in [1.807, 2.05) is 4.90 Å². The number of carbonyl (C=O) groups excluding carboxylic acids is 2. The molecule has 1 spiro atoms. The summed E-state index contributed by atoms with van der Waals surface area (Å²) in [4.78, 5) is 28.0. The van der Waals surface area contributed by atoms with Crippen molar-refractivity contribution in [3.05, 3.63) is 0 Å². The Kier molecular flexibility index (Phi) is 6.46. The molecule has 7 nitrogen and oxygen atoms in total. The van der Waals surface area contributed by atoms with Gasteiger partial charge < -0.3 is 25.4 Å². The van der Waals surface area contributed by atoms with Gasteiger partial charge in [-0.3, -0.25) is 4.79 Å². The molecule has 2 aliphatic rings. The van der Waals surface area contributed by atoms with E-state index in [0.29, 0.717) is 38.4 Å². The molecule has 0 unspecified atom stereocenters. The molecular formula is C17H31N3O4. The van der Waals surface area contributed by atoms with Crippen LogP contribution in [-0.4, -0.2) is 71.3 Å². The third-order valence-corrected chi connectivity index (χ3v) is 5.42. The van der Waals surface area contributed by atoms with Crippen molar-refractivity contribution in [2.75, 3.05) is 32.8 Å². The van der Waals surface area contributed by atoms with Gasteiger partial charge in [-0.15, -0.1) is 0 Å². The number of rotatable bonds is 7. The van der Waals surface area contributed by atoms with Gasteiger partial charge in [-0.1, -0.05) is 26.7 Å². The molecule has 2 aliphatic heterocycles. The lowest BCUT2D eigenvalue weighted by Gasteiger charge is -2.38. The van der Waals surface area contributed by atoms with E-state index in [1.165, 1.54) is 0 Å². The van der Waals surface area contributed by atoms with E-state index in [2.05, 4.69) is 13.8 Å². The third-order valence-electron chi connectivity index (χ3n) is 5.42. The number of ether oxygens (including phenoxy) is 1. The molecule has 3 N–H and O–H groups in total. The summed E-state index contributed by atoms with van der Waals surface area (Å²) < 4.78 is 5.71. The molecule has 0 aromatic rings. The summed E-state index contributed by atoms with van der Waals surface area (Å²) in [5.41, 5.74) is 5.33. The van der Waals surface area contributed by atoms with Crippen LogP contribution in [0.4, 0.5) is 4.79 Å². The third kappa shape index (κ3) is 4.19. The van der Waals surface area contributed by atoms with E-state index in [4.69, 9.17) is 15.6 Å². The first-order valence-electron chi connectivity index (χ1n) is 9.07. The molecule has 1 atom stereocenters. The molecular weight excluding hydrogens is 310 g/mol. The van der Waals surface area contributed by atoms with Gasteiger partial charge in [0.15, 0.2) is 0 Å². The summed E-state index contributed by atoms with van der Waals surface area (Å²) in [6, 6.07) is -0.651. The number of hydrogen-bond donors (Lipinski definition) is 2. The van der Waals surface area contributed by atoms with E-state index in [0.717, 1.165) is 19.4 Å². The highest BCUT2D eigenvalue weighted by Crippen LogP contribution is 2.34. The second-order valence-electron chi connectivity index (χ2n) is 7.06. The van der Waals surface area contributed by atoms with Crippen LogP contribution < -0.4 is 5.73 Å². The lowest BCUT2D eigenvalue weighted by molar-refractivity contribution is -0.136. The van der Waals surface area contributed by atoms with Gasteiger partial charge >= 0.3 is 6.09 Å². The zero-order valence-electron chi connectivity index (χ0n) is 14.9. The smallest absolute Gasteiger partial charge is 0.410 e. The van der Waals surface area contributed by atoms with E-state index in [1.54, 1.807) is 4.90 Å². The number of nitrogens with zero attached hydrogens (tertiary/aromatic N) is 2. The molecule has 0 bridgehead atoms. The van der Waals surface area contributed by atoms with Gasteiger partial charge in [0.25, 0.3) is 0 Å². The number of piperidine rings is 1. The quantitative estimate of drug-likeness (QED) is 0.718. The van der Waals surface area contributed by atoms with E-state index in [9.17, 15) is 9.59 Å². The predicted molar refractivity (Wildman–Crippen MR) is 90.3 cm³/mol. The first-order valence-corrected chi connectivity index (χ1v) is 9.07. The van der Waals surface area contributed by atoms with Crippen LogP contribution in [0.5, 0.6) is 0 Å². The lowest BCUT2D eigenvalue weighted by Crippen LogP contribution is -2.52. The molecule has 2 amide bonds. The Bertz CT molecular complexity index is 445. The Morgan fingerprint density at radius 2 is 1.96 bits per heavy atom. The molecule has 0 aromatic carbocycles. The molecule has 2 heterocycles. The average Bonchev–Trinajstić information content (AvgIpc) is 2.88. The highest BCUT2D eigenvalue weighted by atomic mass is 16.6. The van der Waals surface area contributed by atoms with E-state index < -0.39 is 11.6 Å². The molecule has 24 heavy (non-hydrogen) atoms. The van der Waals surface area contributed by atoms with Crippen molar-refractivity contribution in [2.24, 2.45) is 11.7 Å². The SMILES string of the molecule is CCC(CC)CN1CC2(CCN(C(=O)[C@@H](N)CCO)CC2)OC1=O. The Morgan fingerprint density at radius 3 is 2.50 bits per heavy atom. The number of aliphatic hydroxyl groups excluding tert-OH is 1. The highest BCUT2D eigenvalue weighted by molar-refractivity contribution is 5.81. The number of carbonyl (C=O) groups is 2. The number of amides is 2. The van der Waals surface area contributed by atoms with Crippen LogP contribution in [0.3, 0.4) is 0 Å². The highest BCUT2D eigenvalue weighted by Gasteiger charge is 2.47. The van der Waals surface area contributed by atoms with Gasteiger partial charge in [0.1, 0.15) is 5.60 Å². The number of hydrogen-bond acceptors (Lipinski definition) is 5. The Hall–Kier alpha value is -1.34. The normalized spacial score (nSPS) is 21.5. The Labute approximate surface area is 144 Å². The number of aliphatic hydroxyl groups is 1. The van der Waals surface area contributed by atoms with Gasteiger partial charge in [-0.2, -0.15) is 0 Å². The summed E-state index contributed by atoms with van der Waals surface area (Å²) in [5, 5.41) is 8.91. The summed E-state index contributed by atoms with van der Waals surface area (Å²) in [6.07, 6.45) is 3.46. The molecule has 0 aromatic heterocycles. The molecule has 138 valence electrons. The van der Waals surface area contributed by atoms with Gasteiger partial charge in [0.05, 0.1) is 12.6 Å². The molecule has 2 rings (SSSR count). The molecule has 7 heteroatoms. The van der Waals surface area contributed by atoms with Crippen molar-refractivity contribution in [2.45, 2.75) is 57.6 Å². The second-order valence-corrected chi connectivity index (χ2v) is 7.06. The molecule has 0 saturated carbocycles. The maximum Gasteiger partial charge on any atom is 0.410 e. The van der Waals surface area contributed by atoms with Crippen LogP contribution in [-0.2, 0) is 9.53 Å². The van der Waals surface area contributed by atoms with Gasteiger partial charge in [-0.25, -0.2) is 4.79 Å². The minimum Gasteiger partial charge on any atom is -0.441 e. The van der Waals surface area contributed by atoms with Crippen molar-refractivity contribution < 1.29 is 19.4 Å². The summed E-state index contributed by atoms with van der Waals surface area (Å²) in [6.45, 7) is 6.65. The fraction of sp³-hybridized carbons (Fsp3) is 0.882. The topological polar surface area (TPSA) is 96.1 Å². The minimum atomic E-state index is -0.651. The number of nitrogens with two attached hydrogens (primary N) is 1. The van der Waals surface area contributed by atoms with Crippen LogP contribution in [0.1, 0.15) is 46.0 Å². The summed E-state index contributed by atoms with van der Waals surface area (Å²) in [7, 11) is 0. The van der Waals surface area contributed by atoms with Crippen molar-refractivity contribution in [3.63, 3.8) is 0 Å². The Balaban J connectivity index is 1.89. The Morgan fingerprint density at radius 1 is 1.33 bits per heavy atom. The fourth-order valence-corrected chi connectivity index (χ4v) is 3.58. The summed E-state index contributed by atoms with van der Waals surface area (Å²) >= 11 is 0. The lowest BCUT2D eigenvalue weighted by atomic mass is 9.90. The first kappa shape index (κ1) is 19.0. The monoisotopic (exact) mass is 341 g/mol. The van der Waals surface area contributed by atoms with Crippen LogP contribution in [0.2, 0.25) is 0 Å². The largest absolute Gasteiger partial charge is 0.441 e. The molecule has 0 radical (unpaired) electrons. The first-order chi connectivity index (χ1) is 11.4. The number of likely N-dealkylation sites (tertiary alicyclic amines) is 1. The second kappa shape index (κ2) is 8.16. The van der Waals surface area contributed by atoms with Crippen molar-refractivity contribution in [1.29, 1.82) is 0 Å². The van der Waals surface area contributed by atoms with Gasteiger partial charge in [-0.05, 0) is 12.3 Å². The van der Waals surface area contributed by atoms with Gasteiger partial charge in [0, 0.05) is 39.1 Å². The maximum atomic E-state index is 12.2. The van der Waals surface area contributed by atoms with E-state index >= 15 is 0 Å². The van der Waals surface area contributed by atoms with Crippen LogP contribution >= 0.6 is 0 Å². The van der Waals surface area contributed by atoms with Crippen LogP contribution in [0, 0.1) is 5.92 Å². The predicted octanol–water partition coefficient (Wildman–Crippen LogP) is 0.946. The van der Waals surface area contributed by atoms with Crippen LogP contribution in [0.25, 0.3) is 0 Å². The van der Waals surface area contributed by atoms with Gasteiger partial charge in [0.2, 0.25) is 5.91 Å². The van der Waals surface area contributed by atoms with Crippen molar-refractivity contribution >= 4 is 12.0 Å². The van der Waals surface area contributed by atoms with Crippen molar-refractivity contribution in [1.82, 2.24) is 9.80 Å². The molecule has 0 aliphatic carbocycles. The molecule has 2 saturated heterocycles. The zero-order valence-corrected chi connectivity index (χ0v) is 14.9. The standard InChI is InChI=1S/C17H31N3O4/c1-3-13(4-2)11-20-12-17(24-16(20)23)6-8-19(9-7-17)15(22)14(18)5-10-21/h13-14,21H,3-12,18H2,1-2H3/t14-/m0/s1. The van der Waals surface area contributed by atoms with Crippen LogP contribution in [0.15, 0.2) is 0 Å². The summed E-state index contributed by atoms with van der Waals surface area (Å²) in [5.74, 6) is 0.378. The maximum absolute atomic E-state index is 12.2. The van der Waals surface area contributed by atoms with E-state index in [-0.39, 0.29) is 25.0 Å². The molecule has 2 fully saturated rings. The van der Waals surface area contributed by atoms with Crippen molar-refractivity contribution in [3.8, 4) is 0 Å². The zero-order chi connectivity index (χ0) is 17.7.